The van der Waals surface area contributed by atoms with E-state index in [1.54, 1.807) is 6.20 Å². The molecule has 0 amide bonds. The number of rotatable bonds is 1. The summed E-state index contributed by atoms with van der Waals surface area (Å²) in [6, 6.07) is 0. The molecule has 0 aliphatic carbocycles. The number of ether oxygens (including phenoxy) is 2. The number of hydrogen-bond acceptors (Lipinski definition) is 4. The van der Waals surface area contributed by atoms with Crippen LogP contribution in [0.15, 0.2) is 6.20 Å². The van der Waals surface area contributed by atoms with Crippen molar-refractivity contribution in [1.29, 1.82) is 0 Å². The van der Waals surface area contributed by atoms with Gasteiger partial charge in [-0.3, -0.25) is 0 Å². The molecular weight excluding hydrogens is 222 g/mol. The van der Waals surface area contributed by atoms with Crippen molar-refractivity contribution in [3.05, 3.63) is 22.5 Å². The standard InChI is InChI=1S/C9H11ClNO2S/c1-5-7(13-9(2,3)12-5)6-4-11-8(10)14-6/h4-5,7H,1H2,2-3H3/t5-,7+/m1/s1. The second-order valence-electron chi connectivity index (χ2n) is 3.61. The SMILES string of the molecule is [CH2][C@H]1OC(C)(C)O[C@@H]1c1cnc(Cl)s1. The molecule has 1 aliphatic rings. The molecule has 3 nitrogen and oxygen atoms in total. The lowest BCUT2D eigenvalue weighted by Crippen LogP contribution is -2.20. The molecule has 0 saturated carbocycles. The topological polar surface area (TPSA) is 31.4 Å². The third-order valence-electron chi connectivity index (χ3n) is 1.96. The van der Waals surface area contributed by atoms with Gasteiger partial charge in [0.25, 0.3) is 0 Å². The van der Waals surface area contributed by atoms with Gasteiger partial charge in [0, 0.05) is 6.20 Å². The molecule has 1 aromatic rings. The molecule has 0 N–H and O–H groups in total. The monoisotopic (exact) mass is 232 g/mol. The summed E-state index contributed by atoms with van der Waals surface area (Å²) < 4.78 is 11.7. The smallest absolute Gasteiger partial charge is 0.183 e. The summed E-state index contributed by atoms with van der Waals surface area (Å²) in [6.07, 6.45) is 1.34. The van der Waals surface area contributed by atoms with Gasteiger partial charge in [-0.25, -0.2) is 4.98 Å². The first-order chi connectivity index (χ1) is 6.48. The van der Waals surface area contributed by atoms with Gasteiger partial charge < -0.3 is 9.47 Å². The summed E-state index contributed by atoms with van der Waals surface area (Å²) in [4.78, 5) is 4.92. The van der Waals surface area contributed by atoms with Crippen LogP contribution in [-0.2, 0) is 9.47 Å². The van der Waals surface area contributed by atoms with E-state index >= 15 is 0 Å². The van der Waals surface area contributed by atoms with Crippen molar-refractivity contribution in [1.82, 2.24) is 4.98 Å². The largest absolute Gasteiger partial charge is 0.344 e. The Morgan fingerprint density at radius 1 is 1.57 bits per heavy atom. The van der Waals surface area contributed by atoms with E-state index in [1.807, 2.05) is 13.8 Å². The van der Waals surface area contributed by atoms with Crippen LogP contribution >= 0.6 is 22.9 Å². The maximum Gasteiger partial charge on any atom is 0.183 e. The quantitative estimate of drug-likeness (QED) is 0.746. The number of hydrogen-bond donors (Lipinski definition) is 0. The predicted octanol–water partition coefficient (Wildman–Crippen LogP) is 2.82. The Labute approximate surface area is 92.0 Å². The molecule has 0 bridgehead atoms. The molecule has 2 rings (SSSR count). The van der Waals surface area contributed by atoms with Gasteiger partial charge in [-0.05, 0) is 20.8 Å². The van der Waals surface area contributed by atoms with Gasteiger partial charge in [-0.2, -0.15) is 0 Å². The Kier molecular flexibility index (Phi) is 2.55. The van der Waals surface area contributed by atoms with Gasteiger partial charge in [0.2, 0.25) is 0 Å². The molecule has 0 unspecified atom stereocenters. The zero-order chi connectivity index (χ0) is 10.3. The van der Waals surface area contributed by atoms with E-state index in [9.17, 15) is 0 Å². The molecule has 1 aromatic heterocycles. The Bertz CT molecular complexity index is 339. The third kappa shape index (κ3) is 1.93. The number of aromatic nitrogens is 1. The van der Waals surface area contributed by atoms with Crippen molar-refractivity contribution < 1.29 is 9.47 Å². The van der Waals surface area contributed by atoms with E-state index in [0.717, 1.165) is 4.88 Å². The lowest BCUT2D eigenvalue weighted by Gasteiger charge is -2.16. The van der Waals surface area contributed by atoms with Crippen LogP contribution in [-0.4, -0.2) is 16.9 Å². The van der Waals surface area contributed by atoms with Crippen LogP contribution < -0.4 is 0 Å². The molecule has 0 aromatic carbocycles. The molecule has 5 heteroatoms. The second-order valence-corrected chi connectivity index (χ2v) is 5.25. The van der Waals surface area contributed by atoms with Crippen LogP contribution in [0.3, 0.4) is 0 Å². The first-order valence-electron chi connectivity index (χ1n) is 4.28. The summed E-state index contributed by atoms with van der Waals surface area (Å²) >= 11 is 7.15. The van der Waals surface area contributed by atoms with Gasteiger partial charge in [0.15, 0.2) is 10.3 Å². The van der Waals surface area contributed by atoms with Crippen molar-refractivity contribution in [2.75, 3.05) is 0 Å². The minimum absolute atomic E-state index is 0.157. The van der Waals surface area contributed by atoms with Gasteiger partial charge in [0.05, 0.1) is 11.0 Å². The van der Waals surface area contributed by atoms with E-state index in [-0.39, 0.29) is 12.2 Å². The zero-order valence-electron chi connectivity index (χ0n) is 7.99. The fourth-order valence-corrected chi connectivity index (χ4v) is 2.51. The van der Waals surface area contributed by atoms with Gasteiger partial charge in [-0.1, -0.05) is 11.6 Å². The lowest BCUT2D eigenvalue weighted by atomic mass is 10.2. The molecule has 1 fully saturated rings. The highest BCUT2D eigenvalue weighted by molar-refractivity contribution is 7.15. The first kappa shape index (κ1) is 10.4. The van der Waals surface area contributed by atoms with Crippen molar-refractivity contribution in [3.63, 3.8) is 0 Å². The van der Waals surface area contributed by atoms with E-state index in [0.29, 0.717) is 4.47 Å². The zero-order valence-corrected chi connectivity index (χ0v) is 9.56. The molecule has 1 radical (unpaired) electrons. The van der Waals surface area contributed by atoms with E-state index < -0.39 is 5.79 Å². The normalized spacial score (nSPS) is 30.9. The van der Waals surface area contributed by atoms with Gasteiger partial charge in [0.1, 0.15) is 6.10 Å². The van der Waals surface area contributed by atoms with E-state index in [1.165, 1.54) is 11.3 Å². The highest BCUT2D eigenvalue weighted by Crippen LogP contribution is 2.40. The highest BCUT2D eigenvalue weighted by Gasteiger charge is 2.40. The van der Waals surface area contributed by atoms with E-state index in [2.05, 4.69) is 11.9 Å². The molecule has 2 atom stereocenters. The highest BCUT2D eigenvalue weighted by atomic mass is 35.5. The van der Waals surface area contributed by atoms with Crippen LogP contribution in [0.4, 0.5) is 0 Å². The minimum Gasteiger partial charge on any atom is -0.344 e. The van der Waals surface area contributed by atoms with Crippen LogP contribution in [0, 0.1) is 6.92 Å². The summed E-state index contributed by atoms with van der Waals surface area (Å²) in [5.74, 6) is -0.576. The maximum atomic E-state index is 5.75. The average Bonchev–Trinajstić information content (AvgIpc) is 2.55. The van der Waals surface area contributed by atoms with Gasteiger partial charge in [-0.15, -0.1) is 11.3 Å². The Balaban J connectivity index is 2.20. The number of nitrogens with zero attached hydrogens (tertiary/aromatic N) is 1. The lowest BCUT2D eigenvalue weighted by molar-refractivity contribution is -0.143. The van der Waals surface area contributed by atoms with Crippen LogP contribution in [0.2, 0.25) is 4.47 Å². The summed E-state index contributed by atoms with van der Waals surface area (Å²) in [6.45, 7) is 7.63. The molecular formula is C9H11ClNO2S. The van der Waals surface area contributed by atoms with Crippen molar-refractivity contribution in [2.45, 2.75) is 31.8 Å². The second kappa shape index (κ2) is 3.45. The van der Waals surface area contributed by atoms with Crippen molar-refractivity contribution in [2.24, 2.45) is 0 Å². The molecule has 1 aliphatic heterocycles. The fourth-order valence-electron chi connectivity index (χ4n) is 1.47. The van der Waals surface area contributed by atoms with Crippen LogP contribution in [0.1, 0.15) is 24.8 Å². The Morgan fingerprint density at radius 3 is 2.71 bits per heavy atom. The van der Waals surface area contributed by atoms with E-state index in [4.69, 9.17) is 21.1 Å². The van der Waals surface area contributed by atoms with Crippen LogP contribution in [0.25, 0.3) is 0 Å². The minimum atomic E-state index is -0.576. The average molecular weight is 233 g/mol. The fraction of sp³-hybridized carbons (Fsp3) is 0.556. The molecule has 14 heavy (non-hydrogen) atoms. The molecule has 1 saturated heterocycles. The third-order valence-corrected chi connectivity index (χ3v) is 3.14. The van der Waals surface area contributed by atoms with Crippen LogP contribution in [0.5, 0.6) is 0 Å². The summed E-state index contributed by atoms with van der Waals surface area (Å²) in [5, 5.41) is 0. The van der Waals surface area contributed by atoms with Crippen molar-refractivity contribution in [3.8, 4) is 0 Å². The molecule has 77 valence electrons. The maximum absolute atomic E-state index is 5.75. The molecule has 2 heterocycles. The Hall–Kier alpha value is -0.160. The number of thiazole rings is 1. The van der Waals surface area contributed by atoms with Gasteiger partial charge >= 0.3 is 0 Å². The summed E-state index contributed by atoms with van der Waals surface area (Å²) in [5.41, 5.74) is 0. The first-order valence-corrected chi connectivity index (χ1v) is 5.47. The number of halogens is 1. The summed E-state index contributed by atoms with van der Waals surface area (Å²) in [7, 11) is 0. The molecule has 0 spiro atoms. The predicted molar refractivity (Wildman–Crippen MR) is 55.3 cm³/mol. The van der Waals surface area contributed by atoms with Crippen molar-refractivity contribution >= 4 is 22.9 Å². The Morgan fingerprint density at radius 2 is 2.29 bits per heavy atom.